The van der Waals surface area contributed by atoms with Gasteiger partial charge in [-0.25, -0.2) is 4.79 Å². The van der Waals surface area contributed by atoms with Gasteiger partial charge in [-0.3, -0.25) is 4.99 Å². The summed E-state index contributed by atoms with van der Waals surface area (Å²) in [6.07, 6.45) is 1.36. The summed E-state index contributed by atoms with van der Waals surface area (Å²) in [7, 11) is 2.64. The Hall–Kier alpha value is -2.08. The summed E-state index contributed by atoms with van der Waals surface area (Å²) >= 11 is 0. The van der Waals surface area contributed by atoms with Crippen LogP contribution in [0.1, 0.15) is 15.9 Å². The van der Waals surface area contributed by atoms with Crippen molar-refractivity contribution in [2.24, 2.45) is 4.99 Å². The van der Waals surface area contributed by atoms with E-state index in [-0.39, 0.29) is 30.2 Å². The van der Waals surface area contributed by atoms with Crippen molar-refractivity contribution in [3.63, 3.8) is 0 Å². The summed E-state index contributed by atoms with van der Waals surface area (Å²) in [6, 6.07) is 2.81. The normalized spacial score (nSPS) is 10.6. The Labute approximate surface area is 104 Å². The Morgan fingerprint density at radius 3 is 2.72 bits per heavy atom. The number of esters is 1. The smallest absolute Gasteiger partial charge is 0.338 e. The van der Waals surface area contributed by atoms with E-state index in [1.54, 1.807) is 0 Å². The van der Waals surface area contributed by atoms with Crippen molar-refractivity contribution < 1.29 is 24.5 Å². The van der Waals surface area contributed by atoms with Crippen LogP contribution in [-0.2, 0) is 4.74 Å². The molecule has 0 heterocycles. The quantitative estimate of drug-likeness (QED) is 0.592. The van der Waals surface area contributed by atoms with Gasteiger partial charge in [-0.15, -0.1) is 0 Å². The summed E-state index contributed by atoms with van der Waals surface area (Å²) in [4.78, 5) is 15.3. The van der Waals surface area contributed by atoms with Crippen molar-refractivity contribution in [3.8, 4) is 11.5 Å². The molecule has 6 nitrogen and oxygen atoms in total. The summed E-state index contributed by atoms with van der Waals surface area (Å²) < 4.78 is 9.55. The number of aliphatic hydroxyl groups is 1. The Morgan fingerprint density at radius 1 is 1.44 bits per heavy atom. The highest BCUT2D eigenvalue weighted by Crippen LogP contribution is 2.30. The van der Waals surface area contributed by atoms with E-state index in [0.717, 1.165) is 0 Å². The van der Waals surface area contributed by atoms with Crippen molar-refractivity contribution in [2.75, 3.05) is 27.4 Å². The number of phenolic OH excluding ortho intramolecular Hbond substituents is 1. The molecule has 0 saturated heterocycles. The molecule has 0 aliphatic heterocycles. The largest absolute Gasteiger partial charge is 0.504 e. The average Bonchev–Trinajstić information content (AvgIpc) is 2.40. The van der Waals surface area contributed by atoms with Gasteiger partial charge in [-0.05, 0) is 12.1 Å². The molecule has 18 heavy (non-hydrogen) atoms. The molecule has 0 fully saturated rings. The van der Waals surface area contributed by atoms with Crippen molar-refractivity contribution in [3.05, 3.63) is 23.3 Å². The number of hydrogen-bond donors (Lipinski definition) is 2. The second kappa shape index (κ2) is 6.61. The number of benzene rings is 1. The fraction of sp³-hybridized carbons (Fsp3) is 0.333. The third-order valence-corrected chi connectivity index (χ3v) is 2.20. The van der Waals surface area contributed by atoms with Gasteiger partial charge in [0.2, 0.25) is 0 Å². The number of hydrogen-bond acceptors (Lipinski definition) is 6. The highest BCUT2D eigenvalue weighted by Gasteiger charge is 2.14. The Kier molecular flexibility index (Phi) is 5.13. The minimum atomic E-state index is -0.537. The Balaban J connectivity index is 3.18. The molecule has 0 spiro atoms. The molecule has 0 radical (unpaired) electrons. The number of aliphatic hydroxyl groups excluding tert-OH is 1. The maximum atomic E-state index is 11.4. The second-order valence-corrected chi connectivity index (χ2v) is 3.37. The maximum absolute atomic E-state index is 11.4. The van der Waals surface area contributed by atoms with Gasteiger partial charge in [-0.1, -0.05) is 0 Å². The molecule has 0 atom stereocenters. The van der Waals surface area contributed by atoms with Crippen molar-refractivity contribution in [2.45, 2.75) is 0 Å². The van der Waals surface area contributed by atoms with E-state index in [9.17, 15) is 9.90 Å². The number of carbonyl (C=O) groups is 1. The maximum Gasteiger partial charge on any atom is 0.338 e. The zero-order chi connectivity index (χ0) is 13.5. The number of methoxy groups -OCH3 is 2. The molecule has 0 amide bonds. The lowest BCUT2D eigenvalue weighted by atomic mass is 10.1. The van der Waals surface area contributed by atoms with Crippen LogP contribution in [0.25, 0.3) is 0 Å². The van der Waals surface area contributed by atoms with E-state index in [2.05, 4.69) is 9.73 Å². The summed E-state index contributed by atoms with van der Waals surface area (Å²) in [5.74, 6) is -0.500. The molecule has 1 aromatic rings. The molecule has 6 heteroatoms. The predicted octanol–water partition coefficient (Wildman–Crippen LogP) is 0.599. The number of ether oxygens (including phenoxy) is 2. The van der Waals surface area contributed by atoms with Crippen molar-refractivity contribution in [1.29, 1.82) is 0 Å². The van der Waals surface area contributed by atoms with Crippen LogP contribution in [0.3, 0.4) is 0 Å². The number of carbonyl (C=O) groups excluding carboxylic acids is 1. The molecular weight excluding hydrogens is 238 g/mol. The molecule has 1 rings (SSSR count). The van der Waals surface area contributed by atoms with E-state index in [0.29, 0.717) is 5.56 Å². The van der Waals surface area contributed by atoms with E-state index >= 15 is 0 Å². The van der Waals surface area contributed by atoms with Gasteiger partial charge in [-0.2, -0.15) is 0 Å². The van der Waals surface area contributed by atoms with Crippen LogP contribution in [0.15, 0.2) is 17.1 Å². The minimum Gasteiger partial charge on any atom is -0.504 e. The SMILES string of the molecule is COC(=O)c1cc(/C=N/CCO)c(O)c(OC)c1. The number of aliphatic imine (C=N–C) groups is 1. The van der Waals surface area contributed by atoms with E-state index < -0.39 is 5.97 Å². The van der Waals surface area contributed by atoms with Gasteiger partial charge in [0.05, 0.1) is 32.9 Å². The number of phenols is 1. The van der Waals surface area contributed by atoms with Crippen LogP contribution in [0, 0.1) is 0 Å². The second-order valence-electron chi connectivity index (χ2n) is 3.37. The van der Waals surface area contributed by atoms with Gasteiger partial charge in [0.25, 0.3) is 0 Å². The first-order valence-corrected chi connectivity index (χ1v) is 5.24. The number of nitrogens with zero attached hydrogens (tertiary/aromatic N) is 1. The van der Waals surface area contributed by atoms with Crippen molar-refractivity contribution >= 4 is 12.2 Å². The topological polar surface area (TPSA) is 88.4 Å². The highest BCUT2D eigenvalue weighted by atomic mass is 16.5. The van der Waals surface area contributed by atoms with Gasteiger partial charge in [0.1, 0.15) is 0 Å². The molecule has 0 aliphatic carbocycles. The molecule has 0 bridgehead atoms. The molecule has 98 valence electrons. The van der Waals surface area contributed by atoms with Crippen LogP contribution in [0.5, 0.6) is 11.5 Å². The third-order valence-electron chi connectivity index (χ3n) is 2.20. The van der Waals surface area contributed by atoms with Crippen LogP contribution in [0.2, 0.25) is 0 Å². The number of rotatable bonds is 5. The summed E-state index contributed by atoms with van der Waals surface area (Å²) in [5, 5.41) is 18.5. The zero-order valence-corrected chi connectivity index (χ0v) is 10.2. The predicted molar refractivity (Wildman–Crippen MR) is 65.5 cm³/mol. The summed E-state index contributed by atoms with van der Waals surface area (Å²) in [5.41, 5.74) is 0.570. The zero-order valence-electron chi connectivity index (χ0n) is 10.2. The lowest BCUT2D eigenvalue weighted by Crippen LogP contribution is -2.03. The monoisotopic (exact) mass is 253 g/mol. The fourth-order valence-electron chi connectivity index (χ4n) is 1.34. The minimum absolute atomic E-state index is 0.0922. The molecule has 0 unspecified atom stereocenters. The molecule has 0 aliphatic rings. The van der Waals surface area contributed by atoms with Crippen LogP contribution in [0.4, 0.5) is 0 Å². The van der Waals surface area contributed by atoms with Crippen LogP contribution < -0.4 is 4.74 Å². The lowest BCUT2D eigenvalue weighted by Gasteiger charge is -2.08. The first-order chi connectivity index (χ1) is 8.63. The number of aromatic hydroxyl groups is 1. The Morgan fingerprint density at radius 2 is 2.17 bits per heavy atom. The lowest BCUT2D eigenvalue weighted by molar-refractivity contribution is 0.0600. The molecule has 2 N–H and O–H groups in total. The Bertz CT molecular complexity index is 456. The molecule has 0 aromatic heterocycles. The fourth-order valence-corrected chi connectivity index (χ4v) is 1.34. The first kappa shape index (κ1) is 14.0. The van der Waals surface area contributed by atoms with Gasteiger partial charge >= 0.3 is 5.97 Å². The average molecular weight is 253 g/mol. The molecule has 1 aromatic carbocycles. The first-order valence-electron chi connectivity index (χ1n) is 5.24. The third kappa shape index (κ3) is 3.21. The standard InChI is InChI=1S/C12H15NO5/c1-17-10-6-8(12(16)18-2)5-9(11(10)15)7-13-3-4-14/h5-7,14-15H,3-4H2,1-2H3/b13-7+. The molecule has 0 saturated carbocycles. The van der Waals surface area contributed by atoms with E-state index in [4.69, 9.17) is 9.84 Å². The molecular formula is C12H15NO5. The van der Waals surface area contributed by atoms with Gasteiger partial charge in [0, 0.05) is 11.8 Å². The van der Waals surface area contributed by atoms with E-state index in [1.165, 1.54) is 32.6 Å². The van der Waals surface area contributed by atoms with Crippen molar-refractivity contribution in [1.82, 2.24) is 0 Å². The van der Waals surface area contributed by atoms with Gasteiger partial charge in [0.15, 0.2) is 11.5 Å². The van der Waals surface area contributed by atoms with Crippen LogP contribution in [-0.4, -0.2) is 49.8 Å². The van der Waals surface area contributed by atoms with Gasteiger partial charge < -0.3 is 19.7 Å². The van der Waals surface area contributed by atoms with Crippen LogP contribution >= 0.6 is 0 Å². The highest BCUT2D eigenvalue weighted by molar-refractivity contribution is 5.94. The summed E-state index contributed by atoms with van der Waals surface area (Å²) in [6.45, 7) is 0.120. The van der Waals surface area contributed by atoms with E-state index in [1.807, 2.05) is 0 Å².